The number of aryl methyl sites for hydroxylation is 1. The molecule has 4 rings (SSSR count). The van der Waals surface area contributed by atoms with Crippen LogP contribution in [0.3, 0.4) is 0 Å². The Kier molecular flexibility index (Phi) is 6.27. The molecule has 2 aromatic carbocycles. The number of benzene rings is 2. The average Bonchev–Trinajstić information content (AvgIpc) is 3.63. The zero-order chi connectivity index (χ0) is 23.0. The first-order valence-corrected chi connectivity index (χ1v) is 11.7. The molecule has 170 valence electrons. The molecule has 0 bridgehead atoms. The molecular formula is C27H34N2O3. The van der Waals surface area contributed by atoms with Gasteiger partial charge in [-0.1, -0.05) is 35.9 Å². The lowest BCUT2D eigenvalue weighted by molar-refractivity contribution is -0.138. The smallest absolute Gasteiger partial charge is 0.263 e. The van der Waals surface area contributed by atoms with Crippen LogP contribution in [0, 0.1) is 12.8 Å². The molecule has 0 N–H and O–H groups in total. The maximum atomic E-state index is 13.2. The molecule has 2 unspecified atom stereocenters. The van der Waals surface area contributed by atoms with Crippen LogP contribution in [0.25, 0.3) is 0 Å². The van der Waals surface area contributed by atoms with Crippen molar-refractivity contribution in [2.24, 2.45) is 5.92 Å². The quantitative estimate of drug-likeness (QED) is 0.672. The van der Waals surface area contributed by atoms with E-state index < -0.39 is 6.10 Å². The summed E-state index contributed by atoms with van der Waals surface area (Å²) in [4.78, 5) is 29.6. The minimum absolute atomic E-state index is 0.0432. The Balaban J connectivity index is 1.66. The molecule has 2 amide bonds. The summed E-state index contributed by atoms with van der Waals surface area (Å²) in [6.45, 7) is 8.57. The molecule has 0 aromatic heterocycles. The van der Waals surface area contributed by atoms with Crippen molar-refractivity contribution < 1.29 is 14.3 Å². The molecule has 0 saturated heterocycles. The van der Waals surface area contributed by atoms with Gasteiger partial charge < -0.3 is 14.5 Å². The first-order chi connectivity index (χ1) is 15.3. The van der Waals surface area contributed by atoms with E-state index in [1.54, 1.807) is 18.9 Å². The van der Waals surface area contributed by atoms with Gasteiger partial charge in [0.15, 0.2) is 6.10 Å². The van der Waals surface area contributed by atoms with Gasteiger partial charge in [-0.05, 0) is 75.8 Å². The highest BCUT2D eigenvalue weighted by Crippen LogP contribution is 2.41. The van der Waals surface area contributed by atoms with Gasteiger partial charge in [0.05, 0.1) is 6.04 Å². The zero-order valence-corrected chi connectivity index (χ0v) is 19.8. The van der Waals surface area contributed by atoms with E-state index in [4.69, 9.17) is 4.74 Å². The summed E-state index contributed by atoms with van der Waals surface area (Å²) in [7, 11) is 1.80. The predicted octanol–water partition coefficient (Wildman–Crippen LogP) is 4.51. The minimum Gasteiger partial charge on any atom is -0.481 e. The second kappa shape index (κ2) is 8.97. The second-order valence-corrected chi connectivity index (χ2v) is 9.53. The maximum absolute atomic E-state index is 13.2. The van der Waals surface area contributed by atoms with Gasteiger partial charge in [0.1, 0.15) is 5.75 Å². The molecule has 5 nitrogen and oxygen atoms in total. The van der Waals surface area contributed by atoms with Gasteiger partial charge in [0.2, 0.25) is 5.91 Å². The van der Waals surface area contributed by atoms with Crippen molar-refractivity contribution in [2.75, 3.05) is 13.6 Å². The fourth-order valence-corrected chi connectivity index (χ4v) is 4.37. The van der Waals surface area contributed by atoms with Crippen LogP contribution >= 0.6 is 0 Å². The molecule has 1 heterocycles. The number of amides is 2. The van der Waals surface area contributed by atoms with Crippen molar-refractivity contribution in [3.8, 4) is 5.75 Å². The summed E-state index contributed by atoms with van der Waals surface area (Å²) in [6, 6.07) is 14.5. The van der Waals surface area contributed by atoms with Crippen LogP contribution < -0.4 is 4.74 Å². The predicted molar refractivity (Wildman–Crippen MR) is 126 cm³/mol. The summed E-state index contributed by atoms with van der Waals surface area (Å²) < 4.78 is 6.08. The number of hydrogen-bond acceptors (Lipinski definition) is 3. The van der Waals surface area contributed by atoms with E-state index >= 15 is 0 Å². The van der Waals surface area contributed by atoms with E-state index in [1.807, 2.05) is 26.0 Å². The highest BCUT2D eigenvalue weighted by Gasteiger charge is 2.39. The highest BCUT2D eigenvalue weighted by atomic mass is 16.5. The molecule has 1 aliphatic heterocycles. The molecule has 0 spiro atoms. The lowest BCUT2D eigenvalue weighted by atomic mass is 9.87. The summed E-state index contributed by atoms with van der Waals surface area (Å²) >= 11 is 0. The van der Waals surface area contributed by atoms with Gasteiger partial charge in [0, 0.05) is 25.6 Å². The Bertz CT molecular complexity index is 994. The van der Waals surface area contributed by atoms with Crippen LogP contribution in [-0.4, -0.2) is 47.4 Å². The Morgan fingerprint density at radius 2 is 1.75 bits per heavy atom. The molecule has 1 saturated carbocycles. The summed E-state index contributed by atoms with van der Waals surface area (Å²) in [5.41, 5.74) is 4.65. The number of hydrogen-bond donors (Lipinski definition) is 0. The Morgan fingerprint density at radius 3 is 2.38 bits per heavy atom. The molecule has 1 fully saturated rings. The molecular weight excluding hydrogens is 400 g/mol. The first kappa shape index (κ1) is 22.4. The van der Waals surface area contributed by atoms with Gasteiger partial charge in [-0.2, -0.15) is 0 Å². The van der Waals surface area contributed by atoms with Gasteiger partial charge in [-0.25, -0.2) is 0 Å². The second-order valence-electron chi connectivity index (χ2n) is 9.53. The molecule has 0 radical (unpaired) electrons. The van der Waals surface area contributed by atoms with Crippen molar-refractivity contribution in [2.45, 2.75) is 65.1 Å². The van der Waals surface area contributed by atoms with E-state index in [-0.39, 0.29) is 29.8 Å². The molecule has 32 heavy (non-hydrogen) atoms. The fourth-order valence-electron chi connectivity index (χ4n) is 4.37. The Labute approximate surface area is 191 Å². The van der Waals surface area contributed by atoms with E-state index in [9.17, 15) is 9.59 Å². The number of nitrogens with zero attached hydrogens (tertiary/aromatic N) is 2. The van der Waals surface area contributed by atoms with Crippen molar-refractivity contribution in [1.29, 1.82) is 0 Å². The summed E-state index contributed by atoms with van der Waals surface area (Å²) in [6.07, 6.45) is 2.25. The maximum Gasteiger partial charge on any atom is 0.263 e. The van der Waals surface area contributed by atoms with Gasteiger partial charge >= 0.3 is 0 Å². The zero-order valence-electron chi connectivity index (χ0n) is 19.8. The third-order valence-corrected chi connectivity index (χ3v) is 6.73. The van der Waals surface area contributed by atoms with E-state index in [1.165, 1.54) is 11.1 Å². The Morgan fingerprint density at radius 1 is 1.06 bits per heavy atom. The van der Waals surface area contributed by atoms with E-state index in [2.05, 4.69) is 42.2 Å². The monoisotopic (exact) mass is 434 g/mol. The van der Waals surface area contributed by atoms with Crippen molar-refractivity contribution in [3.63, 3.8) is 0 Å². The van der Waals surface area contributed by atoms with Crippen LogP contribution in [0.2, 0.25) is 0 Å². The molecule has 5 heteroatoms. The van der Waals surface area contributed by atoms with Gasteiger partial charge in [0.25, 0.3) is 5.91 Å². The van der Waals surface area contributed by atoms with Crippen LogP contribution in [0.1, 0.15) is 61.9 Å². The summed E-state index contributed by atoms with van der Waals surface area (Å²) in [5.74, 6) is 1.06. The number of carbonyl (C=O) groups excluding carboxylic acids is 2. The van der Waals surface area contributed by atoms with E-state index in [0.717, 1.165) is 36.9 Å². The number of carbonyl (C=O) groups is 2. The lowest BCUT2D eigenvalue weighted by Crippen LogP contribution is -2.42. The Hall–Kier alpha value is -2.82. The average molecular weight is 435 g/mol. The number of fused-ring (bicyclic) bond motifs is 1. The minimum atomic E-state index is -0.578. The molecule has 2 aliphatic rings. The number of rotatable bonds is 6. The third-order valence-electron chi connectivity index (χ3n) is 6.73. The largest absolute Gasteiger partial charge is 0.481 e. The lowest BCUT2D eigenvalue weighted by Gasteiger charge is -2.38. The van der Waals surface area contributed by atoms with Crippen LogP contribution in [0.15, 0.2) is 42.5 Å². The van der Waals surface area contributed by atoms with Crippen LogP contribution in [-0.2, 0) is 16.0 Å². The number of ether oxygens (including phenoxy) is 1. The van der Waals surface area contributed by atoms with Gasteiger partial charge in [-0.3, -0.25) is 9.59 Å². The van der Waals surface area contributed by atoms with Crippen molar-refractivity contribution >= 4 is 11.8 Å². The van der Waals surface area contributed by atoms with Gasteiger partial charge in [-0.15, -0.1) is 0 Å². The van der Waals surface area contributed by atoms with Crippen LogP contribution in [0.4, 0.5) is 0 Å². The van der Waals surface area contributed by atoms with Crippen molar-refractivity contribution in [1.82, 2.24) is 9.80 Å². The van der Waals surface area contributed by atoms with Crippen molar-refractivity contribution in [3.05, 3.63) is 64.7 Å². The highest BCUT2D eigenvalue weighted by molar-refractivity contribution is 5.82. The first-order valence-electron chi connectivity index (χ1n) is 11.7. The SMILES string of the molecule is Cc1ccc(C2c3cc(OC(C)C(=O)N(C)C(C)C)ccc3CCN2C(=O)C2CC2)cc1. The molecule has 2 atom stereocenters. The topological polar surface area (TPSA) is 49.9 Å². The number of likely N-dealkylation sites (N-methyl/N-ethyl adjacent to an activating group) is 1. The fraction of sp³-hybridized carbons (Fsp3) is 0.481. The molecule has 1 aliphatic carbocycles. The normalized spacial score (nSPS) is 18.8. The standard InChI is InChI=1S/C27H34N2O3/c1-17(2)28(5)26(30)19(4)32-23-13-12-20-14-15-29(27(31)22-10-11-22)25(24(20)16-23)21-8-6-18(3)7-9-21/h6-9,12-13,16-17,19,22,25H,10-11,14-15H2,1-5H3. The molecule has 2 aromatic rings. The van der Waals surface area contributed by atoms with Crippen LogP contribution in [0.5, 0.6) is 5.75 Å². The van der Waals surface area contributed by atoms with E-state index in [0.29, 0.717) is 5.75 Å². The summed E-state index contributed by atoms with van der Waals surface area (Å²) in [5, 5.41) is 0. The third kappa shape index (κ3) is 4.52.